The van der Waals surface area contributed by atoms with Gasteiger partial charge in [-0.3, -0.25) is 9.69 Å². The van der Waals surface area contributed by atoms with Gasteiger partial charge in [0, 0.05) is 57.0 Å². The number of piperidine rings is 1. The fourth-order valence-corrected chi connectivity index (χ4v) is 4.31. The number of carbonyl (C=O) groups excluding carboxylic acids is 1. The molecule has 1 amide bonds. The minimum atomic E-state index is 0.0677. The Morgan fingerprint density at radius 3 is 2.90 bits per heavy atom. The maximum atomic E-state index is 11.9. The maximum absolute atomic E-state index is 11.9. The highest BCUT2D eigenvalue weighted by Gasteiger charge is 2.10. The zero-order valence-electron chi connectivity index (χ0n) is 18.3. The van der Waals surface area contributed by atoms with Gasteiger partial charge in [0.2, 0.25) is 11.8 Å². The molecule has 1 fully saturated rings. The van der Waals surface area contributed by atoms with Crippen LogP contribution in [0.15, 0.2) is 48.0 Å². The van der Waals surface area contributed by atoms with Crippen LogP contribution in [0.3, 0.4) is 0 Å². The molecule has 1 saturated heterocycles. The van der Waals surface area contributed by atoms with Crippen molar-refractivity contribution in [1.82, 2.24) is 24.8 Å². The highest BCUT2D eigenvalue weighted by molar-refractivity contribution is 7.99. The lowest BCUT2D eigenvalue weighted by atomic mass is 10.1. The lowest BCUT2D eigenvalue weighted by Gasteiger charge is -2.26. The monoisotopic (exact) mass is 443 g/mol. The fraction of sp³-hybridized carbons (Fsp3) is 0.522. The Hall–Kier alpha value is -2.32. The van der Waals surface area contributed by atoms with Gasteiger partial charge >= 0.3 is 0 Å². The second-order valence-corrected chi connectivity index (χ2v) is 8.76. The van der Waals surface area contributed by atoms with E-state index in [0.29, 0.717) is 25.5 Å². The molecule has 3 heterocycles. The van der Waals surface area contributed by atoms with Crippen LogP contribution in [0, 0.1) is 0 Å². The number of hydrogen-bond donors (Lipinski definition) is 1. The molecule has 0 atom stereocenters. The number of nitrogens with zero attached hydrogens (tertiary/aromatic N) is 4. The van der Waals surface area contributed by atoms with Gasteiger partial charge in [0.05, 0.1) is 0 Å². The summed E-state index contributed by atoms with van der Waals surface area (Å²) in [4.78, 5) is 22.9. The van der Waals surface area contributed by atoms with Crippen LogP contribution >= 0.6 is 11.8 Å². The summed E-state index contributed by atoms with van der Waals surface area (Å²) < 4.78 is 7.71. The van der Waals surface area contributed by atoms with E-state index in [1.807, 2.05) is 42.2 Å². The van der Waals surface area contributed by atoms with Gasteiger partial charge in [-0.2, -0.15) is 0 Å². The fourth-order valence-electron chi connectivity index (χ4n) is 3.44. The van der Waals surface area contributed by atoms with Crippen LogP contribution in [0.4, 0.5) is 0 Å². The number of likely N-dealkylation sites (tertiary alicyclic amines) is 1. The average molecular weight is 444 g/mol. The first-order chi connectivity index (χ1) is 15.2. The summed E-state index contributed by atoms with van der Waals surface area (Å²) in [6.07, 6.45) is 14.6. The van der Waals surface area contributed by atoms with Crippen LogP contribution in [-0.2, 0) is 18.4 Å². The molecule has 1 N–H and O–H groups in total. The Balaban J connectivity index is 1.25. The van der Waals surface area contributed by atoms with Crippen LogP contribution in [0.2, 0.25) is 0 Å². The van der Waals surface area contributed by atoms with E-state index in [1.54, 1.807) is 18.0 Å². The van der Waals surface area contributed by atoms with Crippen molar-refractivity contribution in [2.45, 2.75) is 43.8 Å². The molecular weight excluding hydrogens is 410 g/mol. The van der Waals surface area contributed by atoms with Crippen molar-refractivity contribution >= 4 is 17.7 Å². The predicted molar refractivity (Wildman–Crippen MR) is 124 cm³/mol. The normalized spacial score (nSPS) is 14.7. The molecule has 3 rings (SSSR count). The molecule has 8 heteroatoms. The minimum Gasteiger partial charge on any atom is -0.473 e. The summed E-state index contributed by atoms with van der Waals surface area (Å²) in [5.41, 5.74) is 1.24. The molecule has 0 aliphatic carbocycles. The first-order valence-corrected chi connectivity index (χ1v) is 12.0. The molecule has 31 heavy (non-hydrogen) atoms. The summed E-state index contributed by atoms with van der Waals surface area (Å²) in [6.45, 7) is 4.26. The molecule has 0 spiro atoms. The van der Waals surface area contributed by atoms with Crippen molar-refractivity contribution in [1.29, 1.82) is 0 Å². The summed E-state index contributed by atoms with van der Waals surface area (Å²) in [6, 6.07) is 4.08. The Labute approximate surface area is 189 Å². The van der Waals surface area contributed by atoms with Gasteiger partial charge in [0.1, 0.15) is 6.61 Å². The van der Waals surface area contributed by atoms with Crippen molar-refractivity contribution in [2.24, 2.45) is 7.05 Å². The number of hydrogen-bond acceptors (Lipinski definition) is 6. The Kier molecular flexibility index (Phi) is 9.92. The molecule has 168 valence electrons. The van der Waals surface area contributed by atoms with Crippen LogP contribution in [0.1, 0.15) is 37.7 Å². The first kappa shape index (κ1) is 23.3. The van der Waals surface area contributed by atoms with Gasteiger partial charge in [-0.25, -0.2) is 9.97 Å². The lowest BCUT2D eigenvalue weighted by Crippen LogP contribution is -2.29. The van der Waals surface area contributed by atoms with E-state index in [0.717, 1.165) is 23.9 Å². The minimum absolute atomic E-state index is 0.0677. The Morgan fingerprint density at radius 1 is 1.23 bits per heavy atom. The van der Waals surface area contributed by atoms with Crippen molar-refractivity contribution in [3.05, 3.63) is 48.4 Å². The van der Waals surface area contributed by atoms with Gasteiger partial charge in [0.25, 0.3) is 0 Å². The van der Waals surface area contributed by atoms with E-state index >= 15 is 0 Å². The molecule has 1 aliphatic heterocycles. The summed E-state index contributed by atoms with van der Waals surface area (Å²) in [5, 5.41) is 3.89. The van der Waals surface area contributed by atoms with E-state index in [2.05, 4.69) is 26.3 Å². The zero-order valence-corrected chi connectivity index (χ0v) is 19.1. The number of amides is 1. The Morgan fingerprint density at radius 2 is 2.10 bits per heavy atom. The third kappa shape index (κ3) is 8.75. The van der Waals surface area contributed by atoms with Gasteiger partial charge in [-0.05, 0) is 50.1 Å². The number of imidazole rings is 1. The SMILES string of the molecule is Cn1ccnc1SCCCC(=O)NC/C=C\COc1cc(CN2CCCCC2)ccn1. The standard InChI is InChI=1S/C23H33N5O2S/c1-27-15-12-26-23(27)31-17-7-8-21(29)24-10-3-6-16-30-22-18-20(9-11-25-22)19-28-13-4-2-5-14-28/h3,6,9,11-12,15,18H,2,4-5,7-8,10,13-14,16-17,19H2,1H3,(H,24,29)/b6-3-. The van der Waals surface area contributed by atoms with E-state index in [1.165, 1.54) is 37.9 Å². The molecule has 1 aliphatic rings. The third-order valence-electron chi connectivity index (χ3n) is 5.12. The van der Waals surface area contributed by atoms with Gasteiger partial charge in [-0.15, -0.1) is 0 Å². The number of carbonyl (C=O) groups is 1. The number of thioether (sulfide) groups is 1. The quantitative estimate of drug-likeness (QED) is 0.308. The number of rotatable bonds is 12. The average Bonchev–Trinajstić information content (AvgIpc) is 3.19. The van der Waals surface area contributed by atoms with Crippen molar-refractivity contribution in [3.63, 3.8) is 0 Å². The van der Waals surface area contributed by atoms with Crippen LogP contribution in [-0.4, -0.2) is 57.3 Å². The van der Waals surface area contributed by atoms with E-state index in [-0.39, 0.29) is 5.91 Å². The molecule has 0 radical (unpaired) electrons. The second-order valence-electron chi connectivity index (χ2n) is 7.70. The maximum Gasteiger partial charge on any atom is 0.220 e. The number of nitrogens with one attached hydrogen (secondary N) is 1. The second kappa shape index (κ2) is 13.2. The molecule has 2 aromatic rings. The first-order valence-electron chi connectivity index (χ1n) is 11.0. The number of aromatic nitrogens is 3. The van der Waals surface area contributed by atoms with Crippen LogP contribution < -0.4 is 10.1 Å². The van der Waals surface area contributed by atoms with Gasteiger partial charge < -0.3 is 14.6 Å². The van der Waals surface area contributed by atoms with Crippen molar-refractivity contribution in [3.8, 4) is 5.88 Å². The van der Waals surface area contributed by atoms with Gasteiger partial charge in [-0.1, -0.05) is 24.3 Å². The summed E-state index contributed by atoms with van der Waals surface area (Å²) in [5.74, 6) is 1.60. The predicted octanol–water partition coefficient (Wildman–Crippen LogP) is 3.42. The van der Waals surface area contributed by atoms with E-state index < -0.39 is 0 Å². The van der Waals surface area contributed by atoms with E-state index in [9.17, 15) is 4.79 Å². The highest BCUT2D eigenvalue weighted by Crippen LogP contribution is 2.16. The molecular formula is C23H33N5O2S. The molecule has 7 nitrogen and oxygen atoms in total. The summed E-state index contributed by atoms with van der Waals surface area (Å²) in [7, 11) is 1.97. The van der Waals surface area contributed by atoms with Crippen LogP contribution in [0.5, 0.6) is 5.88 Å². The molecule has 0 bridgehead atoms. The smallest absolute Gasteiger partial charge is 0.220 e. The molecule has 0 saturated carbocycles. The van der Waals surface area contributed by atoms with Gasteiger partial charge in [0.15, 0.2) is 5.16 Å². The number of pyridine rings is 1. The zero-order chi connectivity index (χ0) is 21.7. The Bertz CT molecular complexity index is 833. The van der Waals surface area contributed by atoms with Crippen molar-refractivity contribution < 1.29 is 9.53 Å². The van der Waals surface area contributed by atoms with Crippen LogP contribution in [0.25, 0.3) is 0 Å². The lowest BCUT2D eigenvalue weighted by molar-refractivity contribution is -0.120. The topological polar surface area (TPSA) is 72.3 Å². The molecule has 0 aromatic carbocycles. The third-order valence-corrected chi connectivity index (χ3v) is 6.27. The van der Waals surface area contributed by atoms with Crippen molar-refractivity contribution in [2.75, 3.05) is 32.0 Å². The summed E-state index contributed by atoms with van der Waals surface area (Å²) >= 11 is 1.67. The van der Waals surface area contributed by atoms with E-state index in [4.69, 9.17) is 4.74 Å². The number of ether oxygens (including phenoxy) is 1. The number of aryl methyl sites for hydroxylation is 1. The largest absolute Gasteiger partial charge is 0.473 e. The highest BCUT2D eigenvalue weighted by atomic mass is 32.2. The molecule has 2 aromatic heterocycles. The molecule has 0 unspecified atom stereocenters.